The van der Waals surface area contributed by atoms with Crippen LogP contribution < -0.4 is 0 Å². The first kappa shape index (κ1) is 14.9. The Balaban J connectivity index is 2.40. The molecule has 0 aliphatic carbocycles. The average molecular weight is 298 g/mol. The summed E-state index contributed by atoms with van der Waals surface area (Å²) in [5, 5.41) is 13.0. The van der Waals surface area contributed by atoms with E-state index < -0.39 is 12.0 Å². The zero-order valence-corrected chi connectivity index (χ0v) is 12.7. The lowest BCUT2D eigenvalue weighted by Gasteiger charge is -2.29. The molecule has 6 nitrogen and oxygen atoms in total. The quantitative estimate of drug-likeness (QED) is 0.917. The number of rotatable bonds is 3. The predicted octanol–water partition coefficient (Wildman–Crippen LogP) is 1.92. The molecule has 0 bridgehead atoms. The van der Waals surface area contributed by atoms with Gasteiger partial charge in [-0.2, -0.15) is 0 Å². The molecule has 2 atom stereocenters. The van der Waals surface area contributed by atoms with E-state index in [0.717, 1.165) is 0 Å². The molecule has 1 aromatic heterocycles. The third-order valence-corrected chi connectivity index (χ3v) is 4.99. The van der Waals surface area contributed by atoms with Crippen LogP contribution in [0, 0.1) is 19.8 Å². The van der Waals surface area contributed by atoms with Gasteiger partial charge in [0, 0.05) is 5.75 Å². The minimum absolute atomic E-state index is 0.141. The number of aliphatic carboxylic acids is 1. The highest BCUT2D eigenvalue weighted by Gasteiger charge is 2.44. The van der Waals surface area contributed by atoms with Crippen LogP contribution >= 0.6 is 11.8 Å². The van der Waals surface area contributed by atoms with Crippen molar-refractivity contribution in [3.05, 3.63) is 17.0 Å². The van der Waals surface area contributed by atoms with Crippen LogP contribution in [0.1, 0.15) is 35.7 Å². The first-order chi connectivity index (χ1) is 9.34. The van der Waals surface area contributed by atoms with Crippen LogP contribution in [0.4, 0.5) is 0 Å². The summed E-state index contributed by atoms with van der Waals surface area (Å²) < 4.78 is 5.02. The molecule has 0 saturated carbocycles. The number of amides is 1. The van der Waals surface area contributed by atoms with Gasteiger partial charge in [0.05, 0.1) is 11.1 Å². The minimum Gasteiger partial charge on any atom is -0.480 e. The first-order valence-corrected chi connectivity index (χ1v) is 7.49. The zero-order chi connectivity index (χ0) is 15.0. The molecule has 0 aromatic carbocycles. The fraction of sp³-hybridized carbons (Fsp3) is 0.615. The molecule has 1 amide bonds. The summed E-state index contributed by atoms with van der Waals surface area (Å²) in [6, 6.07) is -0.798. The number of nitrogens with zero attached hydrogens (tertiary/aromatic N) is 2. The molecular weight excluding hydrogens is 280 g/mol. The summed E-state index contributed by atoms with van der Waals surface area (Å²) in [6.45, 7) is 7.31. The monoisotopic (exact) mass is 298 g/mol. The highest BCUT2D eigenvalue weighted by atomic mass is 32.2. The lowest BCUT2D eigenvalue weighted by molar-refractivity contribution is -0.141. The van der Waals surface area contributed by atoms with Gasteiger partial charge in [-0.3, -0.25) is 4.79 Å². The SMILES string of the molecule is Cc1noc(C)c1C(=O)N1C(C(=O)O)CSC1C(C)C. The molecule has 0 spiro atoms. The van der Waals surface area contributed by atoms with Crippen molar-refractivity contribution in [2.75, 3.05) is 5.75 Å². The second-order valence-corrected chi connectivity index (χ2v) is 6.38. The number of thioether (sulfide) groups is 1. The molecule has 2 rings (SSSR count). The third-order valence-electron chi connectivity index (χ3n) is 3.37. The highest BCUT2D eigenvalue weighted by Crippen LogP contribution is 2.36. The van der Waals surface area contributed by atoms with E-state index in [2.05, 4.69) is 5.16 Å². The largest absolute Gasteiger partial charge is 0.480 e. The van der Waals surface area contributed by atoms with Gasteiger partial charge >= 0.3 is 5.97 Å². The number of carboxylic acid groups (broad SMARTS) is 1. The van der Waals surface area contributed by atoms with E-state index in [0.29, 0.717) is 22.8 Å². The van der Waals surface area contributed by atoms with Crippen LogP contribution in [0.2, 0.25) is 0 Å². The molecular formula is C13H18N2O4S. The van der Waals surface area contributed by atoms with Crippen molar-refractivity contribution in [1.29, 1.82) is 0 Å². The van der Waals surface area contributed by atoms with Gasteiger partial charge < -0.3 is 14.5 Å². The summed E-state index contributed by atoms with van der Waals surface area (Å²) in [7, 11) is 0. The molecule has 1 aliphatic rings. The van der Waals surface area contributed by atoms with Gasteiger partial charge in [-0.15, -0.1) is 11.8 Å². The Hall–Kier alpha value is -1.50. The molecule has 1 aromatic rings. The molecule has 1 saturated heterocycles. The lowest BCUT2D eigenvalue weighted by Crippen LogP contribution is -2.47. The number of aromatic nitrogens is 1. The average Bonchev–Trinajstić information content (AvgIpc) is 2.93. The third kappa shape index (κ3) is 2.42. The van der Waals surface area contributed by atoms with E-state index >= 15 is 0 Å². The van der Waals surface area contributed by atoms with E-state index in [9.17, 15) is 14.7 Å². The lowest BCUT2D eigenvalue weighted by atomic mass is 10.1. The highest BCUT2D eigenvalue weighted by molar-refractivity contribution is 8.00. The second kappa shape index (κ2) is 5.47. The van der Waals surface area contributed by atoms with Crippen molar-refractivity contribution in [1.82, 2.24) is 10.1 Å². The van der Waals surface area contributed by atoms with Crippen LogP contribution in [0.15, 0.2) is 4.52 Å². The van der Waals surface area contributed by atoms with Crippen molar-refractivity contribution in [2.45, 2.75) is 39.1 Å². The van der Waals surface area contributed by atoms with Gasteiger partial charge in [0.2, 0.25) is 0 Å². The van der Waals surface area contributed by atoms with Crippen LogP contribution in [-0.2, 0) is 4.79 Å². The van der Waals surface area contributed by atoms with Gasteiger partial charge in [-0.05, 0) is 19.8 Å². The fourth-order valence-electron chi connectivity index (χ4n) is 2.41. The zero-order valence-electron chi connectivity index (χ0n) is 11.9. The molecule has 0 radical (unpaired) electrons. The van der Waals surface area contributed by atoms with Crippen molar-refractivity contribution in [2.24, 2.45) is 5.92 Å². The molecule has 1 fully saturated rings. The molecule has 20 heavy (non-hydrogen) atoms. The Bertz CT molecular complexity index is 521. The van der Waals surface area contributed by atoms with E-state index in [-0.39, 0.29) is 17.2 Å². The topological polar surface area (TPSA) is 83.6 Å². The van der Waals surface area contributed by atoms with Crippen LogP contribution in [0.5, 0.6) is 0 Å². The Morgan fingerprint density at radius 2 is 2.10 bits per heavy atom. The number of carboxylic acids is 1. The maximum absolute atomic E-state index is 12.7. The first-order valence-electron chi connectivity index (χ1n) is 6.44. The molecule has 2 heterocycles. The van der Waals surface area contributed by atoms with Crippen molar-refractivity contribution < 1.29 is 19.2 Å². The van der Waals surface area contributed by atoms with Crippen LogP contribution in [-0.4, -0.2) is 44.2 Å². The Labute approximate surface area is 121 Å². The van der Waals surface area contributed by atoms with Gasteiger partial charge in [-0.1, -0.05) is 19.0 Å². The summed E-state index contributed by atoms with van der Waals surface area (Å²) in [5.41, 5.74) is 0.875. The number of hydrogen-bond acceptors (Lipinski definition) is 5. The minimum atomic E-state index is -0.972. The standard InChI is InChI=1S/C13H18N2O4S/c1-6(2)12-15(9(5-20-12)13(17)18)11(16)10-7(3)14-19-8(10)4/h6,9,12H,5H2,1-4H3,(H,17,18). The molecule has 2 unspecified atom stereocenters. The number of aryl methyl sites for hydroxylation is 2. The molecule has 110 valence electrons. The summed E-state index contributed by atoms with van der Waals surface area (Å²) in [5.74, 6) is -0.268. The normalized spacial score (nSPS) is 22.6. The maximum Gasteiger partial charge on any atom is 0.327 e. The number of carbonyl (C=O) groups is 2. The van der Waals surface area contributed by atoms with Gasteiger partial charge in [0.1, 0.15) is 17.4 Å². The number of carbonyl (C=O) groups excluding carboxylic acids is 1. The molecule has 1 N–H and O–H groups in total. The number of hydrogen-bond donors (Lipinski definition) is 1. The van der Waals surface area contributed by atoms with Crippen LogP contribution in [0.25, 0.3) is 0 Å². The van der Waals surface area contributed by atoms with Gasteiger partial charge in [0.15, 0.2) is 0 Å². The Morgan fingerprint density at radius 3 is 2.55 bits per heavy atom. The van der Waals surface area contributed by atoms with E-state index in [4.69, 9.17) is 4.52 Å². The smallest absolute Gasteiger partial charge is 0.327 e. The Morgan fingerprint density at radius 1 is 1.45 bits per heavy atom. The Kier molecular flexibility index (Phi) is 4.08. The molecule has 1 aliphatic heterocycles. The van der Waals surface area contributed by atoms with E-state index in [1.165, 1.54) is 16.7 Å². The van der Waals surface area contributed by atoms with Crippen molar-refractivity contribution in [3.63, 3.8) is 0 Å². The van der Waals surface area contributed by atoms with Crippen molar-refractivity contribution >= 4 is 23.6 Å². The molecule has 7 heteroatoms. The maximum atomic E-state index is 12.7. The van der Waals surface area contributed by atoms with Crippen molar-refractivity contribution in [3.8, 4) is 0 Å². The second-order valence-electron chi connectivity index (χ2n) is 5.23. The van der Waals surface area contributed by atoms with Gasteiger partial charge in [0.25, 0.3) is 5.91 Å². The predicted molar refractivity (Wildman–Crippen MR) is 74.7 cm³/mol. The van der Waals surface area contributed by atoms with E-state index in [1.807, 2.05) is 13.8 Å². The summed E-state index contributed by atoms with van der Waals surface area (Å²) >= 11 is 1.51. The fourth-order valence-corrected chi connectivity index (χ4v) is 3.88. The summed E-state index contributed by atoms with van der Waals surface area (Å²) in [4.78, 5) is 25.6. The van der Waals surface area contributed by atoms with E-state index in [1.54, 1.807) is 13.8 Å². The van der Waals surface area contributed by atoms with Gasteiger partial charge in [-0.25, -0.2) is 4.79 Å². The van der Waals surface area contributed by atoms with Crippen LogP contribution in [0.3, 0.4) is 0 Å². The summed E-state index contributed by atoms with van der Waals surface area (Å²) in [6.07, 6.45) is 0.